The molecule has 0 aliphatic carbocycles. The molecule has 0 bridgehead atoms. The topological polar surface area (TPSA) is 42.7 Å². The second-order valence-electron chi connectivity index (χ2n) is 4.31. The molecule has 96 valence electrons. The largest absolute Gasteiger partial charge is 0.357 e. The fourth-order valence-corrected chi connectivity index (χ4v) is 2.38. The average Bonchev–Trinajstić information content (AvgIpc) is 2.81. The van der Waals surface area contributed by atoms with Crippen molar-refractivity contribution < 1.29 is 0 Å². The first-order valence-corrected chi connectivity index (χ1v) is 6.33. The first-order valence-electron chi connectivity index (χ1n) is 5.95. The van der Waals surface area contributed by atoms with Gasteiger partial charge in [-0.25, -0.2) is 9.97 Å². The van der Waals surface area contributed by atoms with E-state index in [1.807, 2.05) is 25.4 Å². The molecule has 0 atom stereocenters. The third kappa shape index (κ3) is 1.94. The maximum atomic E-state index is 6.24. The van der Waals surface area contributed by atoms with Crippen molar-refractivity contribution in [2.45, 2.75) is 0 Å². The van der Waals surface area contributed by atoms with Crippen LogP contribution in [0.2, 0.25) is 5.02 Å². The number of hydrogen-bond acceptors (Lipinski definition) is 3. The molecule has 0 fully saturated rings. The maximum Gasteiger partial charge on any atom is 0.223 e. The number of aromatic nitrogens is 3. The van der Waals surface area contributed by atoms with Gasteiger partial charge in [-0.2, -0.15) is 0 Å². The van der Waals surface area contributed by atoms with Gasteiger partial charge in [-0.05, 0) is 12.1 Å². The summed E-state index contributed by atoms with van der Waals surface area (Å²) in [6, 6.07) is 8.18. The summed E-state index contributed by atoms with van der Waals surface area (Å²) in [5, 5.41) is 4.61. The minimum absolute atomic E-state index is 0.551. The quantitative estimate of drug-likeness (QED) is 0.778. The first kappa shape index (κ1) is 12.0. The van der Waals surface area contributed by atoms with Crippen LogP contribution in [-0.2, 0) is 7.05 Å². The van der Waals surface area contributed by atoms with Gasteiger partial charge in [0.2, 0.25) is 5.95 Å². The number of anilines is 1. The monoisotopic (exact) mass is 272 g/mol. The van der Waals surface area contributed by atoms with E-state index < -0.39 is 0 Å². The molecule has 2 heterocycles. The minimum Gasteiger partial charge on any atom is -0.357 e. The van der Waals surface area contributed by atoms with Crippen molar-refractivity contribution in [1.29, 1.82) is 0 Å². The summed E-state index contributed by atoms with van der Waals surface area (Å²) in [6.45, 7) is 0. The van der Waals surface area contributed by atoms with Gasteiger partial charge in [0.25, 0.3) is 0 Å². The SMILES string of the molecule is CNc1ncc(Cl)c(-c2cccc3c2ccn3C)n1. The number of hydrogen-bond donors (Lipinski definition) is 1. The van der Waals surface area contributed by atoms with E-state index in [2.05, 4.69) is 32.0 Å². The molecule has 0 radical (unpaired) electrons. The van der Waals surface area contributed by atoms with E-state index in [-0.39, 0.29) is 0 Å². The summed E-state index contributed by atoms with van der Waals surface area (Å²) >= 11 is 6.24. The fraction of sp³-hybridized carbons (Fsp3) is 0.143. The molecule has 0 unspecified atom stereocenters. The number of nitrogens with zero attached hydrogens (tertiary/aromatic N) is 3. The van der Waals surface area contributed by atoms with Crippen LogP contribution in [0.25, 0.3) is 22.2 Å². The van der Waals surface area contributed by atoms with Crippen molar-refractivity contribution in [2.75, 3.05) is 12.4 Å². The van der Waals surface area contributed by atoms with Crippen molar-refractivity contribution >= 4 is 28.5 Å². The van der Waals surface area contributed by atoms with Gasteiger partial charge in [0.05, 0.1) is 16.9 Å². The number of benzene rings is 1. The van der Waals surface area contributed by atoms with E-state index in [0.717, 1.165) is 22.2 Å². The standard InChI is InChI=1S/C14H13ClN4/c1-16-14-17-8-11(15)13(18-14)10-4-3-5-12-9(10)6-7-19(12)2/h3-8H,1-2H3,(H,16,17,18). The van der Waals surface area contributed by atoms with E-state index in [9.17, 15) is 0 Å². The van der Waals surface area contributed by atoms with E-state index in [1.165, 1.54) is 0 Å². The third-order valence-corrected chi connectivity index (χ3v) is 3.43. The molecule has 0 saturated carbocycles. The van der Waals surface area contributed by atoms with Crippen molar-refractivity contribution in [3.05, 3.63) is 41.7 Å². The van der Waals surface area contributed by atoms with Gasteiger partial charge in [0, 0.05) is 36.8 Å². The van der Waals surface area contributed by atoms with Crippen molar-refractivity contribution in [3.8, 4) is 11.3 Å². The van der Waals surface area contributed by atoms with Crippen LogP contribution in [0, 0.1) is 0 Å². The highest BCUT2D eigenvalue weighted by atomic mass is 35.5. The van der Waals surface area contributed by atoms with Crippen LogP contribution in [-0.4, -0.2) is 21.6 Å². The summed E-state index contributed by atoms with van der Waals surface area (Å²) in [6.07, 6.45) is 3.65. The van der Waals surface area contributed by atoms with E-state index in [0.29, 0.717) is 11.0 Å². The van der Waals surface area contributed by atoms with E-state index in [1.54, 1.807) is 13.2 Å². The smallest absolute Gasteiger partial charge is 0.223 e. The van der Waals surface area contributed by atoms with Crippen LogP contribution in [0.5, 0.6) is 0 Å². The predicted molar refractivity (Wildman–Crippen MR) is 78.5 cm³/mol. The highest BCUT2D eigenvalue weighted by molar-refractivity contribution is 6.33. The number of halogens is 1. The highest BCUT2D eigenvalue weighted by Crippen LogP contribution is 2.32. The normalized spacial score (nSPS) is 10.9. The maximum absolute atomic E-state index is 6.24. The van der Waals surface area contributed by atoms with Crippen LogP contribution in [0.4, 0.5) is 5.95 Å². The Balaban J connectivity index is 2.30. The van der Waals surface area contributed by atoms with E-state index in [4.69, 9.17) is 11.6 Å². The molecule has 3 rings (SSSR count). The Morgan fingerprint density at radius 2 is 2.11 bits per heavy atom. The lowest BCUT2D eigenvalue weighted by Gasteiger charge is -2.07. The lowest BCUT2D eigenvalue weighted by molar-refractivity contribution is 0.969. The summed E-state index contributed by atoms with van der Waals surface area (Å²) in [4.78, 5) is 8.57. The second-order valence-corrected chi connectivity index (χ2v) is 4.71. The van der Waals surface area contributed by atoms with Crippen LogP contribution in [0.1, 0.15) is 0 Å². The lowest BCUT2D eigenvalue weighted by Crippen LogP contribution is -1.98. The van der Waals surface area contributed by atoms with Gasteiger partial charge in [0.15, 0.2) is 0 Å². The molecule has 0 amide bonds. The second kappa shape index (κ2) is 4.55. The molecule has 2 aromatic heterocycles. The van der Waals surface area contributed by atoms with Crippen LogP contribution >= 0.6 is 11.6 Å². The first-order chi connectivity index (χ1) is 9.20. The number of fused-ring (bicyclic) bond motifs is 1. The molecular formula is C14H13ClN4. The molecule has 0 aliphatic heterocycles. The Kier molecular flexibility index (Phi) is 2.87. The van der Waals surface area contributed by atoms with Gasteiger partial charge < -0.3 is 9.88 Å². The number of rotatable bonds is 2. The number of nitrogens with one attached hydrogen (secondary N) is 1. The minimum atomic E-state index is 0.551. The zero-order valence-corrected chi connectivity index (χ0v) is 11.4. The summed E-state index contributed by atoms with van der Waals surface area (Å²) in [7, 11) is 3.81. The van der Waals surface area contributed by atoms with Gasteiger partial charge in [-0.15, -0.1) is 0 Å². The Bertz CT molecular complexity index is 748. The van der Waals surface area contributed by atoms with Gasteiger partial charge in [0.1, 0.15) is 0 Å². The highest BCUT2D eigenvalue weighted by Gasteiger charge is 2.12. The van der Waals surface area contributed by atoms with E-state index >= 15 is 0 Å². The molecule has 0 aliphatic rings. The molecule has 0 spiro atoms. The van der Waals surface area contributed by atoms with Crippen LogP contribution in [0.15, 0.2) is 36.7 Å². The molecule has 1 aromatic carbocycles. The Morgan fingerprint density at radius 1 is 1.26 bits per heavy atom. The molecule has 5 heteroatoms. The summed E-state index contributed by atoms with van der Waals surface area (Å²) in [5.41, 5.74) is 2.91. The van der Waals surface area contributed by atoms with Crippen molar-refractivity contribution in [2.24, 2.45) is 7.05 Å². The molecule has 1 N–H and O–H groups in total. The van der Waals surface area contributed by atoms with Gasteiger partial charge in [-0.3, -0.25) is 0 Å². The average molecular weight is 273 g/mol. The molecule has 3 aromatic rings. The predicted octanol–water partition coefficient (Wildman–Crippen LogP) is 3.33. The fourth-order valence-electron chi connectivity index (χ4n) is 2.19. The third-order valence-electron chi connectivity index (χ3n) is 3.15. The Hall–Kier alpha value is -2.07. The Labute approximate surface area is 116 Å². The molecule has 19 heavy (non-hydrogen) atoms. The number of aryl methyl sites for hydroxylation is 1. The summed E-state index contributed by atoms with van der Waals surface area (Å²) in [5.74, 6) is 0.562. The van der Waals surface area contributed by atoms with Crippen molar-refractivity contribution in [1.82, 2.24) is 14.5 Å². The van der Waals surface area contributed by atoms with Gasteiger partial charge >= 0.3 is 0 Å². The zero-order chi connectivity index (χ0) is 13.4. The van der Waals surface area contributed by atoms with Gasteiger partial charge in [-0.1, -0.05) is 23.7 Å². The molecule has 4 nitrogen and oxygen atoms in total. The zero-order valence-electron chi connectivity index (χ0n) is 10.7. The molecule has 0 saturated heterocycles. The Morgan fingerprint density at radius 3 is 2.89 bits per heavy atom. The molecular weight excluding hydrogens is 260 g/mol. The lowest BCUT2D eigenvalue weighted by atomic mass is 10.1. The summed E-state index contributed by atoms with van der Waals surface area (Å²) < 4.78 is 2.08. The van der Waals surface area contributed by atoms with Crippen LogP contribution < -0.4 is 5.32 Å². The van der Waals surface area contributed by atoms with Crippen LogP contribution in [0.3, 0.4) is 0 Å². The van der Waals surface area contributed by atoms with Crippen molar-refractivity contribution in [3.63, 3.8) is 0 Å².